The largest absolute Gasteiger partial charge is 0.444 e. The van der Waals surface area contributed by atoms with Gasteiger partial charge in [-0.15, -0.1) is 0 Å². The average Bonchev–Trinajstić information content (AvgIpc) is 2.59. The van der Waals surface area contributed by atoms with E-state index in [9.17, 15) is 4.79 Å². The highest BCUT2D eigenvalue weighted by atomic mass is 16.6. The van der Waals surface area contributed by atoms with Gasteiger partial charge >= 0.3 is 6.09 Å². The minimum atomic E-state index is -0.408. The van der Waals surface area contributed by atoms with Crippen LogP contribution in [0.4, 0.5) is 4.79 Å². The molecular weight excluding hydrogens is 218 g/mol. The Morgan fingerprint density at radius 3 is 2.24 bits per heavy atom. The molecule has 1 amide bonds. The Morgan fingerprint density at radius 1 is 1.12 bits per heavy atom. The van der Waals surface area contributed by atoms with Gasteiger partial charge in [-0.3, -0.25) is 0 Å². The van der Waals surface area contributed by atoms with Gasteiger partial charge in [-0.05, 0) is 33.6 Å². The van der Waals surface area contributed by atoms with Crippen molar-refractivity contribution in [2.24, 2.45) is 0 Å². The molecule has 2 aliphatic rings. The van der Waals surface area contributed by atoms with Crippen molar-refractivity contribution < 1.29 is 14.3 Å². The van der Waals surface area contributed by atoms with E-state index in [2.05, 4.69) is 0 Å². The fraction of sp³-hybridized carbons (Fsp3) is 0.923. The van der Waals surface area contributed by atoms with Crippen molar-refractivity contribution in [3.63, 3.8) is 0 Å². The molecule has 0 aromatic rings. The summed E-state index contributed by atoms with van der Waals surface area (Å²) in [6.07, 6.45) is 5.38. The van der Waals surface area contributed by atoms with E-state index in [1.54, 1.807) is 4.90 Å². The highest BCUT2D eigenvalue weighted by Crippen LogP contribution is 2.25. The second kappa shape index (κ2) is 4.84. The van der Waals surface area contributed by atoms with Crippen LogP contribution in [-0.2, 0) is 9.47 Å². The number of carbonyl (C=O) groups excluding carboxylic acids is 1. The summed E-state index contributed by atoms with van der Waals surface area (Å²) in [5, 5.41) is 0. The Hall–Kier alpha value is -0.770. The first kappa shape index (κ1) is 12.7. The lowest BCUT2D eigenvalue weighted by Crippen LogP contribution is -2.56. The van der Waals surface area contributed by atoms with E-state index in [4.69, 9.17) is 9.47 Å². The fourth-order valence-corrected chi connectivity index (χ4v) is 2.30. The molecular formula is C13H23NO3. The molecule has 98 valence electrons. The minimum Gasteiger partial charge on any atom is -0.444 e. The number of hydrogen-bond donors (Lipinski definition) is 0. The monoisotopic (exact) mass is 241 g/mol. The first-order valence-corrected chi connectivity index (χ1v) is 6.57. The first-order chi connectivity index (χ1) is 7.94. The van der Waals surface area contributed by atoms with Gasteiger partial charge in [0.25, 0.3) is 0 Å². The number of amides is 1. The van der Waals surface area contributed by atoms with E-state index < -0.39 is 5.60 Å². The van der Waals surface area contributed by atoms with Gasteiger partial charge in [0.05, 0.1) is 25.3 Å². The molecule has 2 fully saturated rings. The van der Waals surface area contributed by atoms with Gasteiger partial charge in [-0.2, -0.15) is 0 Å². The highest BCUT2D eigenvalue weighted by Gasteiger charge is 2.36. The maximum absolute atomic E-state index is 11.7. The topological polar surface area (TPSA) is 38.8 Å². The van der Waals surface area contributed by atoms with Crippen LogP contribution >= 0.6 is 0 Å². The Balaban J connectivity index is 1.66. The smallest absolute Gasteiger partial charge is 0.410 e. The molecule has 1 aliphatic heterocycles. The molecule has 0 radical (unpaired) electrons. The molecule has 1 heterocycles. The van der Waals surface area contributed by atoms with Crippen molar-refractivity contribution in [3.8, 4) is 0 Å². The van der Waals surface area contributed by atoms with Crippen molar-refractivity contribution in [2.75, 3.05) is 13.1 Å². The van der Waals surface area contributed by atoms with Crippen molar-refractivity contribution in [3.05, 3.63) is 0 Å². The average molecular weight is 241 g/mol. The van der Waals surface area contributed by atoms with Crippen LogP contribution in [0.2, 0.25) is 0 Å². The van der Waals surface area contributed by atoms with Gasteiger partial charge in [0.15, 0.2) is 0 Å². The molecule has 1 saturated heterocycles. The summed E-state index contributed by atoms with van der Waals surface area (Å²) in [6.45, 7) is 7.03. The summed E-state index contributed by atoms with van der Waals surface area (Å²) in [5.41, 5.74) is -0.408. The van der Waals surface area contributed by atoms with Crippen LogP contribution in [0, 0.1) is 0 Å². The molecule has 0 atom stereocenters. The summed E-state index contributed by atoms with van der Waals surface area (Å²) >= 11 is 0. The third-order valence-corrected chi connectivity index (χ3v) is 3.19. The third kappa shape index (κ3) is 3.60. The van der Waals surface area contributed by atoms with Crippen molar-refractivity contribution >= 4 is 6.09 Å². The van der Waals surface area contributed by atoms with Crippen LogP contribution in [0.5, 0.6) is 0 Å². The second-order valence-corrected chi connectivity index (χ2v) is 6.05. The van der Waals surface area contributed by atoms with Gasteiger partial charge < -0.3 is 14.4 Å². The Bertz CT molecular complexity index is 273. The van der Waals surface area contributed by atoms with Crippen LogP contribution in [0.1, 0.15) is 46.5 Å². The molecule has 4 heteroatoms. The standard InChI is InChI=1S/C13H23NO3/c1-13(2,3)17-12(15)14-8-11(9-14)16-10-6-4-5-7-10/h10-11H,4-9H2,1-3H3. The van der Waals surface area contributed by atoms with E-state index in [0.29, 0.717) is 19.2 Å². The quantitative estimate of drug-likeness (QED) is 0.746. The van der Waals surface area contributed by atoms with Crippen LogP contribution in [0.15, 0.2) is 0 Å². The number of carbonyl (C=O) groups is 1. The fourth-order valence-electron chi connectivity index (χ4n) is 2.30. The van der Waals surface area contributed by atoms with Crippen molar-refractivity contribution in [1.82, 2.24) is 4.90 Å². The van der Waals surface area contributed by atoms with E-state index in [1.165, 1.54) is 25.7 Å². The highest BCUT2D eigenvalue weighted by molar-refractivity contribution is 5.69. The van der Waals surface area contributed by atoms with Crippen molar-refractivity contribution in [2.45, 2.75) is 64.3 Å². The summed E-state index contributed by atoms with van der Waals surface area (Å²) < 4.78 is 11.2. The van der Waals surface area contributed by atoms with Gasteiger partial charge in [0, 0.05) is 0 Å². The van der Waals surface area contributed by atoms with Gasteiger partial charge in [0.2, 0.25) is 0 Å². The lowest BCUT2D eigenvalue weighted by atomic mass is 10.1. The third-order valence-electron chi connectivity index (χ3n) is 3.19. The normalized spacial score (nSPS) is 22.6. The number of rotatable bonds is 2. The van der Waals surface area contributed by atoms with Crippen LogP contribution in [0.3, 0.4) is 0 Å². The zero-order valence-corrected chi connectivity index (χ0v) is 11.1. The molecule has 17 heavy (non-hydrogen) atoms. The zero-order chi connectivity index (χ0) is 12.5. The Morgan fingerprint density at radius 2 is 1.71 bits per heavy atom. The second-order valence-electron chi connectivity index (χ2n) is 6.05. The van der Waals surface area contributed by atoms with E-state index in [-0.39, 0.29) is 12.2 Å². The lowest BCUT2D eigenvalue weighted by molar-refractivity contribution is -0.0908. The van der Waals surface area contributed by atoms with Crippen LogP contribution in [-0.4, -0.2) is 41.9 Å². The Labute approximate surface area is 103 Å². The number of nitrogens with zero attached hydrogens (tertiary/aromatic N) is 1. The Kier molecular flexibility index (Phi) is 3.61. The SMILES string of the molecule is CC(C)(C)OC(=O)N1CC(OC2CCCC2)C1. The predicted molar refractivity (Wildman–Crippen MR) is 64.9 cm³/mol. The summed E-state index contributed by atoms with van der Waals surface area (Å²) in [7, 11) is 0. The predicted octanol–water partition coefficient (Wildman–Crippen LogP) is 2.56. The lowest BCUT2D eigenvalue weighted by Gasteiger charge is -2.40. The van der Waals surface area contributed by atoms with Gasteiger partial charge in [0.1, 0.15) is 5.60 Å². The molecule has 0 aromatic carbocycles. The van der Waals surface area contributed by atoms with E-state index in [1.807, 2.05) is 20.8 Å². The van der Waals surface area contributed by atoms with Crippen molar-refractivity contribution in [1.29, 1.82) is 0 Å². The molecule has 4 nitrogen and oxygen atoms in total. The summed E-state index contributed by atoms with van der Waals surface area (Å²) in [4.78, 5) is 13.4. The summed E-state index contributed by atoms with van der Waals surface area (Å²) in [6, 6.07) is 0. The maximum Gasteiger partial charge on any atom is 0.410 e. The maximum atomic E-state index is 11.7. The number of hydrogen-bond acceptors (Lipinski definition) is 3. The molecule has 0 N–H and O–H groups in total. The van der Waals surface area contributed by atoms with Gasteiger partial charge in [-0.1, -0.05) is 12.8 Å². The van der Waals surface area contributed by atoms with Crippen LogP contribution in [0.25, 0.3) is 0 Å². The molecule has 1 aliphatic carbocycles. The molecule has 0 aromatic heterocycles. The van der Waals surface area contributed by atoms with E-state index in [0.717, 1.165) is 0 Å². The summed E-state index contributed by atoms with van der Waals surface area (Å²) in [5.74, 6) is 0. The van der Waals surface area contributed by atoms with E-state index >= 15 is 0 Å². The number of ether oxygens (including phenoxy) is 2. The molecule has 1 saturated carbocycles. The first-order valence-electron chi connectivity index (χ1n) is 6.57. The minimum absolute atomic E-state index is 0.219. The van der Waals surface area contributed by atoms with Gasteiger partial charge in [-0.25, -0.2) is 4.79 Å². The molecule has 2 rings (SSSR count). The van der Waals surface area contributed by atoms with Crippen LogP contribution < -0.4 is 0 Å². The molecule has 0 bridgehead atoms. The number of likely N-dealkylation sites (tertiary alicyclic amines) is 1. The molecule has 0 unspecified atom stereocenters. The molecule has 0 spiro atoms. The zero-order valence-electron chi connectivity index (χ0n) is 11.1.